The SMILES string of the molecule is O=c1c2cc(Br)ccc2nc(-c2ccc(OC(F)F)cc2)n1CC1CCCNC1. The molecule has 5 nitrogen and oxygen atoms in total. The molecule has 1 fully saturated rings. The Bertz CT molecular complexity index is 1060. The van der Waals surface area contributed by atoms with Gasteiger partial charge in [-0.1, -0.05) is 15.9 Å². The molecule has 1 aliphatic heterocycles. The average molecular weight is 464 g/mol. The van der Waals surface area contributed by atoms with Crippen molar-refractivity contribution >= 4 is 26.8 Å². The first kappa shape index (κ1) is 20.0. The van der Waals surface area contributed by atoms with Crippen LogP contribution in [0.15, 0.2) is 51.7 Å². The largest absolute Gasteiger partial charge is 0.435 e. The number of hydrogen-bond acceptors (Lipinski definition) is 4. The van der Waals surface area contributed by atoms with Gasteiger partial charge in [0.2, 0.25) is 0 Å². The molecule has 4 rings (SSSR count). The van der Waals surface area contributed by atoms with Crippen LogP contribution in [0.5, 0.6) is 5.75 Å². The molecule has 8 heteroatoms. The number of hydrogen-bond donors (Lipinski definition) is 1. The third-order valence-electron chi connectivity index (χ3n) is 5.09. The van der Waals surface area contributed by atoms with Gasteiger partial charge in [-0.3, -0.25) is 9.36 Å². The summed E-state index contributed by atoms with van der Waals surface area (Å²) in [5.41, 5.74) is 1.17. The second-order valence-electron chi connectivity index (χ2n) is 7.13. The van der Waals surface area contributed by atoms with Crippen LogP contribution >= 0.6 is 15.9 Å². The number of piperidine rings is 1. The molecule has 29 heavy (non-hydrogen) atoms. The number of aromatic nitrogens is 2. The van der Waals surface area contributed by atoms with Crippen LogP contribution in [0.4, 0.5) is 8.78 Å². The van der Waals surface area contributed by atoms with Gasteiger partial charge < -0.3 is 10.1 Å². The van der Waals surface area contributed by atoms with Crippen LogP contribution < -0.4 is 15.6 Å². The minimum atomic E-state index is -2.88. The lowest BCUT2D eigenvalue weighted by molar-refractivity contribution is -0.0498. The van der Waals surface area contributed by atoms with Crippen molar-refractivity contribution in [3.63, 3.8) is 0 Å². The zero-order valence-electron chi connectivity index (χ0n) is 15.6. The Labute approximate surface area is 174 Å². The van der Waals surface area contributed by atoms with Crippen molar-refractivity contribution in [2.75, 3.05) is 13.1 Å². The fourth-order valence-electron chi connectivity index (χ4n) is 3.71. The van der Waals surface area contributed by atoms with E-state index in [0.29, 0.717) is 34.8 Å². The highest BCUT2D eigenvalue weighted by Gasteiger charge is 2.19. The minimum Gasteiger partial charge on any atom is -0.435 e. The summed E-state index contributed by atoms with van der Waals surface area (Å²) in [4.78, 5) is 18.1. The van der Waals surface area contributed by atoms with Gasteiger partial charge in [0.15, 0.2) is 0 Å². The highest BCUT2D eigenvalue weighted by Crippen LogP contribution is 2.25. The van der Waals surface area contributed by atoms with Crippen molar-refractivity contribution in [2.45, 2.75) is 26.0 Å². The van der Waals surface area contributed by atoms with E-state index in [1.807, 2.05) is 6.07 Å². The van der Waals surface area contributed by atoms with E-state index in [0.717, 1.165) is 30.4 Å². The summed E-state index contributed by atoms with van der Waals surface area (Å²) >= 11 is 3.42. The van der Waals surface area contributed by atoms with Crippen molar-refractivity contribution < 1.29 is 13.5 Å². The van der Waals surface area contributed by atoms with E-state index in [1.165, 1.54) is 12.1 Å². The molecule has 2 heterocycles. The number of rotatable bonds is 5. The maximum atomic E-state index is 13.3. The Morgan fingerprint density at radius 3 is 2.72 bits per heavy atom. The molecule has 2 aromatic carbocycles. The van der Waals surface area contributed by atoms with Gasteiger partial charge in [0, 0.05) is 16.6 Å². The summed E-state index contributed by atoms with van der Waals surface area (Å²) in [6.07, 6.45) is 2.11. The number of nitrogens with zero attached hydrogens (tertiary/aromatic N) is 2. The van der Waals surface area contributed by atoms with Crippen molar-refractivity contribution in [3.8, 4) is 17.1 Å². The Kier molecular flexibility index (Phi) is 5.91. The van der Waals surface area contributed by atoms with Gasteiger partial charge in [-0.15, -0.1) is 0 Å². The molecule has 3 aromatic rings. The van der Waals surface area contributed by atoms with E-state index in [4.69, 9.17) is 4.98 Å². The predicted octanol–water partition coefficient (Wildman–Crippen LogP) is 4.43. The molecule has 0 aliphatic carbocycles. The summed E-state index contributed by atoms with van der Waals surface area (Å²) in [6, 6.07) is 11.7. The summed E-state index contributed by atoms with van der Waals surface area (Å²) in [6.45, 7) is -0.488. The fourth-order valence-corrected chi connectivity index (χ4v) is 4.07. The third kappa shape index (κ3) is 4.48. The molecule has 0 bridgehead atoms. The number of halogens is 3. The lowest BCUT2D eigenvalue weighted by Crippen LogP contribution is -2.35. The standard InChI is InChI=1S/C21H20BrF2N3O2/c22-15-5-8-18-17(10-15)20(28)27(12-13-2-1-9-25-11-13)19(26-18)14-3-6-16(7-4-14)29-21(23)24/h3-8,10,13,21,25H,1-2,9,11-12H2. The second kappa shape index (κ2) is 8.59. The van der Waals surface area contributed by atoms with E-state index in [9.17, 15) is 13.6 Å². The van der Waals surface area contributed by atoms with Gasteiger partial charge >= 0.3 is 6.61 Å². The number of ether oxygens (including phenoxy) is 1. The molecule has 1 N–H and O–H groups in total. The second-order valence-corrected chi connectivity index (χ2v) is 8.04. The molecule has 0 saturated carbocycles. The van der Waals surface area contributed by atoms with Gasteiger partial charge in [-0.05, 0) is 74.3 Å². The summed E-state index contributed by atoms with van der Waals surface area (Å²) < 4.78 is 31.8. The van der Waals surface area contributed by atoms with Gasteiger partial charge in [-0.2, -0.15) is 8.78 Å². The molecule has 1 unspecified atom stereocenters. The van der Waals surface area contributed by atoms with Crippen LogP contribution in [-0.4, -0.2) is 29.3 Å². The first-order valence-electron chi connectivity index (χ1n) is 9.47. The zero-order chi connectivity index (χ0) is 20.4. The van der Waals surface area contributed by atoms with Crippen molar-refractivity contribution in [2.24, 2.45) is 5.92 Å². The third-order valence-corrected chi connectivity index (χ3v) is 5.59. The Morgan fingerprint density at radius 1 is 1.24 bits per heavy atom. The van der Waals surface area contributed by atoms with Crippen LogP contribution in [0.2, 0.25) is 0 Å². The normalized spacial score (nSPS) is 17.0. The lowest BCUT2D eigenvalue weighted by atomic mass is 9.99. The first-order chi connectivity index (χ1) is 14.0. The van der Waals surface area contributed by atoms with Gasteiger partial charge in [0.1, 0.15) is 11.6 Å². The van der Waals surface area contributed by atoms with Gasteiger partial charge in [0.05, 0.1) is 10.9 Å². The fraction of sp³-hybridized carbons (Fsp3) is 0.333. The number of nitrogens with one attached hydrogen (secondary N) is 1. The van der Waals surface area contributed by atoms with Gasteiger partial charge in [0.25, 0.3) is 5.56 Å². The maximum absolute atomic E-state index is 13.3. The number of alkyl halides is 2. The smallest absolute Gasteiger partial charge is 0.387 e. The zero-order valence-corrected chi connectivity index (χ0v) is 17.2. The lowest BCUT2D eigenvalue weighted by Gasteiger charge is -2.25. The molecule has 152 valence electrons. The van der Waals surface area contributed by atoms with E-state index in [1.54, 1.807) is 28.8 Å². The Morgan fingerprint density at radius 2 is 2.03 bits per heavy atom. The van der Waals surface area contributed by atoms with E-state index in [2.05, 4.69) is 26.0 Å². The molecule has 1 atom stereocenters. The predicted molar refractivity (Wildman–Crippen MR) is 111 cm³/mol. The van der Waals surface area contributed by atoms with E-state index in [-0.39, 0.29) is 11.3 Å². The van der Waals surface area contributed by atoms with Crippen LogP contribution in [0.1, 0.15) is 12.8 Å². The summed E-state index contributed by atoms with van der Waals surface area (Å²) in [5.74, 6) is 0.922. The quantitative estimate of drug-likeness (QED) is 0.608. The van der Waals surface area contributed by atoms with E-state index < -0.39 is 6.61 Å². The highest BCUT2D eigenvalue weighted by atomic mass is 79.9. The minimum absolute atomic E-state index is 0.0684. The summed E-state index contributed by atoms with van der Waals surface area (Å²) in [7, 11) is 0. The maximum Gasteiger partial charge on any atom is 0.387 e. The Hall–Kier alpha value is -2.32. The molecular formula is C21H20BrF2N3O2. The van der Waals surface area contributed by atoms with Crippen molar-refractivity contribution in [1.29, 1.82) is 0 Å². The average Bonchev–Trinajstić information content (AvgIpc) is 2.71. The first-order valence-corrected chi connectivity index (χ1v) is 10.3. The summed E-state index contributed by atoms with van der Waals surface area (Å²) in [5, 5.41) is 3.92. The molecule has 1 saturated heterocycles. The topological polar surface area (TPSA) is 56.1 Å². The van der Waals surface area contributed by atoms with E-state index >= 15 is 0 Å². The van der Waals surface area contributed by atoms with Crippen molar-refractivity contribution in [3.05, 3.63) is 57.3 Å². The monoisotopic (exact) mass is 463 g/mol. The molecule has 0 radical (unpaired) electrons. The highest BCUT2D eigenvalue weighted by molar-refractivity contribution is 9.10. The van der Waals surface area contributed by atoms with Crippen LogP contribution in [0.25, 0.3) is 22.3 Å². The van der Waals surface area contributed by atoms with Crippen LogP contribution in [-0.2, 0) is 6.54 Å². The van der Waals surface area contributed by atoms with Gasteiger partial charge in [-0.25, -0.2) is 4.98 Å². The molecule has 0 spiro atoms. The van der Waals surface area contributed by atoms with Crippen LogP contribution in [0, 0.1) is 5.92 Å². The molecular weight excluding hydrogens is 444 g/mol. The number of benzene rings is 2. The molecule has 1 aliphatic rings. The van der Waals surface area contributed by atoms with Crippen molar-refractivity contribution in [1.82, 2.24) is 14.9 Å². The molecule has 1 aromatic heterocycles. The van der Waals surface area contributed by atoms with Crippen LogP contribution in [0.3, 0.4) is 0 Å². The Balaban J connectivity index is 1.81. The molecule has 0 amide bonds. The number of fused-ring (bicyclic) bond motifs is 1.